The molecule has 33 heavy (non-hydrogen) atoms. The molecule has 0 spiro atoms. The van der Waals surface area contributed by atoms with Crippen LogP contribution in [0.2, 0.25) is 0 Å². The van der Waals surface area contributed by atoms with E-state index in [1.165, 1.54) is 12.1 Å². The maximum Gasteiger partial charge on any atom is 0.335 e. The molecule has 0 fully saturated rings. The summed E-state index contributed by atoms with van der Waals surface area (Å²) >= 11 is 0. The molecule has 6 heteroatoms. The smallest absolute Gasteiger partial charge is 0.335 e. The number of para-hydroxylation sites is 1. The van der Waals surface area contributed by atoms with Gasteiger partial charge in [-0.15, -0.1) is 0 Å². The van der Waals surface area contributed by atoms with Gasteiger partial charge in [-0.25, -0.2) is 9.18 Å². The fourth-order valence-corrected chi connectivity index (χ4v) is 4.01. The number of nitrogens with two attached hydrogens (primary N) is 1. The highest BCUT2D eigenvalue weighted by molar-refractivity contribution is 6.02. The van der Waals surface area contributed by atoms with Gasteiger partial charge in [-0.2, -0.15) is 5.10 Å². The number of carbonyl (C=O) groups is 1. The van der Waals surface area contributed by atoms with E-state index in [1.807, 2.05) is 37.3 Å². The second-order valence-corrected chi connectivity index (χ2v) is 7.51. The van der Waals surface area contributed by atoms with Gasteiger partial charge in [0.2, 0.25) is 0 Å². The van der Waals surface area contributed by atoms with Crippen LogP contribution in [-0.4, -0.2) is 16.2 Å². The summed E-state index contributed by atoms with van der Waals surface area (Å²) in [5.74, 6) is -0.510. The Morgan fingerprint density at radius 3 is 2.73 bits per heavy atom. The molecule has 0 unspecified atom stereocenters. The van der Waals surface area contributed by atoms with Crippen molar-refractivity contribution in [3.8, 4) is 5.75 Å². The van der Waals surface area contributed by atoms with Crippen LogP contribution in [0, 0.1) is 5.82 Å². The minimum atomic E-state index is -0.557. The molecular weight excluding hydrogens is 417 g/mol. The van der Waals surface area contributed by atoms with Gasteiger partial charge in [0.05, 0.1) is 11.7 Å². The van der Waals surface area contributed by atoms with Crippen molar-refractivity contribution in [3.63, 3.8) is 0 Å². The SMILES string of the molecule is C=CC(=O)Oc1ccccc1/C(=C(\CC)c1cc(F)ccc1CN)c1ccc2[nH]ncc2c1. The van der Waals surface area contributed by atoms with Gasteiger partial charge >= 0.3 is 5.97 Å². The Bertz CT molecular complexity index is 1370. The average molecular weight is 442 g/mol. The summed E-state index contributed by atoms with van der Waals surface area (Å²) in [6, 6.07) is 17.8. The Balaban J connectivity index is 2.07. The molecule has 0 aliphatic carbocycles. The number of allylic oxidation sites excluding steroid dienone is 1. The summed E-state index contributed by atoms with van der Waals surface area (Å²) in [7, 11) is 0. The first-order valence-corrected chi connectivity index (χ1v) is 10.6. The lowest BCUT2D eigenvalue weighted by molar-refractivity contribution is -0.128. The van der Waals surface area contributed by atoms with Crippen molar-refractivity contribution < 1.29 is 13.9 Å². The largest absolute Gasteiger partial charge is 0.423 e. The third kappa shape index (κ3) is 4.47. The molecule has 0 bridgehead atoms. The van der Waals surface area contributed by atoms with Crippen LogP contribution in [0.3, 0.4) is 0 Å². The Morgan fingerprint density at radius 2 is 1.97 bits per heavy atom. The van der Waals surface area contributed by atoms with Crippen LogP contribution in [0.5, 0.6) is 5.75 Å². The van der Waals surface area contributed by atoms with E-state index in [-0.39, 0.29) is 12.4 Å². The Morgan fingerprint density at radius 1 is 1.15 bits per heavy atom. The predicted octanol–water partition coefficient (Wildman–Crippen LogP) is 5.62. The summed E-state index contributed by atoms with van der Waals surface area (Å²) in [6.45, 7) is 5.77. The van der Waals surface area contributed by atoms with E-state index in [0.717, 1.165) is 44.8 Å². The van der Waals surface area contributed by atoms with E-state index in [0.29, 0.717) is 17.7 Å². The van der Waals surface area contributed by atoms with E-state index < -0.39 is 5.97 Å². The molecule has 0 amide bonds. The zero-order valence-electron chi connectivity index (χ0n) is 18.3. The number of halogens is 1. The molecule has 4 rings (SSSR count). The van der Waals surface area contributed by atoms with Gasteiger partial charge in [-0.3, -0.25) is 5.10 Å². The van der Waals surface area contributed by atoms with E-state index in [2.05, 4.69) is 16.8 Å². The Hall–Kier alpha value is -4.03. The first-order valence-electron chi connectivity index (χ1n) is 10.6. The lowest BCUT2D eigenvalue weighted by atomic mass is 9.85. The molecule has 1 aromatic heterocycles. The van der Waals surface area contributed by atoms with Crippen LogP contribution < -0.4 is 10.5 Å². The molecule has 5 nitrogen and oxygen atoms in total. The van der Waals surface area contributed by atoms with Crippen molar-refractivity contribution in [1.82, 2.24) is 10.2 Å². The number of hydrogen-bond acceptors (Lipinski definition) is 4. The number of hydrogen-bond donors (Lipinski definition) is 2. The number of esters is 1. The van der Waals surface area contributed by atoms with Crippen molar-refractivity contribution in [1.29, 1.82) is 0 Å². The van der Waals surface area contributed by atoms with Crippen LogP contribution >= 0.6 is 0 Å². The highest BCUT2D eigenvalue weighted by Gasteiger charge is 2.20. The molecule has 0 aliphatic heterocycles. The molecule has 0 atom stereocenters. The monoisotopic (exact) mass is 441 g/mol. The van der Waals surface area contributed by atoms with E-state index in [9.17, 15) is 9.18 Å². The number of H-pyrrole nitrogens is 1. The van der Waals surface area contributed by atoms with Crippen LogP contribution in [0.25, 0.3) is 22.0 Å². The summed E-state index contributed by atoms with van der Waals surface area (Å²) in [6.07, 6.45) is 3.47. The van der Waals surface area contributed by atoms with Crippen LogP contribution in [0.15, 0.2) is 79.5 Å². The van der Waals surface area contributed by atoms with E-state index >= 15 is 0 Å². The van der Waals surface area contributed by atoms with Crippen molar-refractivity contribution in [2.75, 3.05) is 0 Å². The Labute approximate surface area is 191 Å². The van der Waals surface area contributed by atoms with Crippen molar-refractivity contribution in [2.24, 2.45) is 5.73 Å². The number of benzene rings is 3. The minimum absolute atomic E-state index is 0.264. The zero-order chi connectivity index (χ0) is 23.4. The third-order valence-corrected chi connectivity index (χ3v) is 5.53. The fraction of sp³-hybridized carbons (Fsp3) is 0.111. The van der Waals surface area contributed by atoms with Gasteiger partial charge in [-0.1, -0.05) is 43.8 Å². The molecule has 0 saturated carbocycles. The number of carbonyl (C=O) groups excluding carboxylic acids is 1. The molecular formula is C27H24FN3O2. The topological polar surface area (TPSA) is 81.0 Å². The molecule has 4 aromatic rings. The number of aromatic nitrogens is 2. The number of fused-ring (bicyclic) bond motifs is 1. The normalized spacial score (nSPS) is 11.8. The summed E-state index contributed by atoms with van der Waals surface area (Å²) in [4.78, 5) is 12.1. The first-order chi connectivity index (χ1) is 16.0. The maximum absolute atomic E-state index is 14.4. The molecule has 166 valence electrons. The average Bonchev–Trinajstić information content (AvgIpc) is 3.31. The molecule has 3 N–H and O–H groups in total. The molecule has 0 radical (unpaired) electrons. The molecule has 1 heterocycles. The van der Waals surface area contributed by atoms with E-state index in [4.69, 9.17) is 10.5 Å². The second-order valence-electron chi connectivity index (χ2n) is 7.51. The highest BCUT2D eigenvalue weighted by atomic mass is 19.1. The number of aromatic amines is 1. The minimum Gasteiger partial charge on any atom is -0.423 e. The number of nitrogens with zero attached hydrogens (tertiary/aromatic N) is 1. The lowest BCUT2D eigenvalue weighted by Crippen LogP contribution is -2.07. The van der Waals surface area contributed by atoms with Gasteiger partial charge in [0.25, 0.3) is 0 Å². The molecule has 0 aliphatic rings. The van der Waals surface area contributed by atoms with Crippen molar-refractivity contribution in [3.05, 3.63) is 108 Å². The lowest BCUT2D eigenvalue weighted by Gasteiger charge is -2.20. The predicted molar refractivity (Wildman–Crippen MR) is 129 cm³/mol. The fourth-order valence-electron chi connectivity index (χ4n) is 4.01. The number of rotatable bonds is 7. The first kappa shape index (κ1) is 22.2. The van der Waals surface area contributed by atoms with Crippen molar-refractivity contribution >= 4 is 28.0 Å². The second kappa shape index (κ2) is 9.63. The summed E-state index contributed by atoms with van der Waals surface area (Å²) in [5, 5.41) is 8.01. The number of nitrogens with one attached hydrogen (secondary N) is 1. The van der Waals surface area contributed by atoms with Crippen LogP contribution in [-0.2, 0) is 11.3 Å². The maximum atomic E-state index is 14.4. The molecule has 3 aromatic carbocycles. The third-order valence-electron chi connectivity index (χ3n) is 5.53. The summed E-state index contributed by atoms with van der Waals surface area (Å²) < 4.78 is 19.9. The van der Waals surface area contributed by atoms with Crippen LogP contribution in [0.4, 0.5) is 4.39 Å². The standard InChI is InChI=1S/C27H24FN3O2/c1-3-21(23-14-20(28)11-9-18(23)15-29)27(17-10-12-24-19(13-17)16-30-31-24)22-7-5-6-8-25(22)33-26(32)4-2/h4-14,16H,2-3,15,29H2,1H3,(H,30,31)/b27-21+. The van der Waals surface area contributed by atoms with Gasteiger partial charge in [0, 0.05) is 23.6 Å². The van der Waals surface area contributed by atoms with Crippen molar-refractivity contribution in [2.45, 2.75) is 19.9 Å². The van der Waals surface area contributed by atoms with Crippen LogP contribution in [0.1, 0.15) is 35.6 Å². The van der Waals surface area contributed by atoms with Gasteiger partial charge in [0.15, 0.2) is 0 Å². The van der Waals surface area contributed by atoms with Gasteiger partial charge in [-0.05, 0) is 64.6 Å². The molecule has 0 saturated heterocycles. The highest BCUT2D eigenvalue weighted by Crippen LogP contribution is 2.40. The van der Waals surface area contributed by atoms with Gasteiger partial charge < -0.3 is 10.5 Å². The number of ether oxygens (including phenoxy) is 1. The summed E-state index contributed by atoms with van der Waals surface area (Å²) in [5.41, 5.74) is 11.8. The Kier molecular flexibility index (Phi) is 6.47. The zero-order valence-corrected chi connectivity index (χ0v) is 18.3. The van der Waals surface area contributed by atoms with Gasteiger partial charge in [0.1, 0.15) is 11.6 Å². The van der Waals surface area contributed by atoms with E-state index in [1.54, 1.807) is 24.4 Å². The quantitative estimate of drug-likeness (QED) is 0.169.